The molecule has 0 bridgehead atoms. The first-order valence-electron chi connectivity index (χ1n) is 5.13. The van der Waals surface area contributed by atoms with E-state index >= 15 is 0 Å². The van der Waals surface area contributed by atoms with Crippen molar-refractivity contribution in [3.05, 3.63) is 6.42 Å². The molecule has 69 valence electrons. The van der Waals surface area contributed by atoms with Crippen LogP contribution >= 0.6 is 0 Å². The summed E-state index contributed by atoms with van der Waals surface area (Å²) in [4.78, 5) is 0. The smallest absolute Gasteiger partial charge is 0.0669 e. The van der Waals surface area contributed by atoms with E-state index < -0.39 is 0 Å². The lowest BCUT2D eigenvalue weighted by atomic mass is 10.1. The van der Waals surface area contributed by atoms with Gasteiger partial charge in [-0.2, -0.15) is 5.26 Å². The lowest BCUT2D eigenvalue weighted by Crippen LogP contribution is -1.80. The number of hydrogen-bond donors (Lipinski definition) is 0. The molecule has 0 aromatic carbocycles. The van der Waals surface area contributed by atoms with Crippen LogP contribution in [0.2, 0.25) is 0 Å². The maximum absolute atomic E-state index is 8.23. The second kappa shape index (κ2) is 10.5. The van der Waals surface area contributed by atoms with E-state index in [-0.39, 0.29) is 0 Å². The first-order chi connectivity index (χ1) is 5.91. The summed E-state index contributed by atoms with van der Waals surface area (Å²) < 4.78 is 0. The predicted octanol–water partition coefficient (Wildman–Crippen LogP) is 3.85. The van der Waals surface area contributed by atoms with Gasteiger partial charge in [-0.1, -0.05) is 51.9 Å². The molecule has 0 rings (SSSR count). The molecule has 0 aliphatic carbocycles. The summed E-state index contributed by atoms with van der Waals surface area (Å²) in [7, 11) is 0. The SMILES string of the molecule is CCCCCCCCC[CH]C#N. The fraction of sp³-hybridized carbons (Fsp3) is 0.818. The summed E-state index contributed by atoms with van der Waals surface area (Å²) in [5.74, 6) is 0. The van der Waals surface area contributed by atoms with Crippen molar-refractivity contribution in [2.45, 2.75) is 58.3 Å². The van der Waals surface area contributed by atoms with Crippen molar-refractivity contribution in [3.8, 4) is 6.07 Å². The quantitative estimate of drug-likeness (QED) is 0.502. The zero-order chi connectivity index (χ0) is 9.07. The van der Waals surface area contributed by atoms with Gasteiger partial charge in [0.1, 0.15) is 0 Å². The van der Waals surface area contributed by atoms with Crippen LogP contribution in [0, 0.1) is 17.8 Å². The summed E-state index contributed by atoms with van der Waals surface area (Å²) in [5.41, 5.74) is 0. The molecule has 0 aliphatic heterocycles. The zero-order valence-corrected chi connectivity index (χ0v) is 8.18. The Morgan fingerprint density at radius 3 is 2.17 bits per heavy atom. The molecule has 0 spiro atoms. The van der Waals surface area contributed by atoms with E-state index in [2.05, 4.69) is 13.0 Å². The van der Waals surface area contributed by atoms with Crippen LogP contribution < -0.4 is 0 Å². The Morgan fingerprint density at radius 2 is 1.58 bits per heavy atom. The molecule has 0 aliphatic rings. The molecule has 0 aromatic heterocycles. The number of nitrogens with zero attached hydrogens (tertiary/aromatic N) is 1. The van der Waals surface area contributed by atoms with E-state index in [1.165, 1.54) is 44.9 Å². The number of unbranched alkanes of at least 4 members (excludes halogenated alkanes) is 8. The van der Waals surface area contributed by atoms with Gasteiger partial charge in [0.2, 0.25) is 0 Å². The van der Waals surface area contributed by atoms with Gasteiger partial charge in [0.25, 0.3) is 0 Å². The highest BCUT2D eigenvalue weighted by Gasteiger charge is 1.90. The topological polar surface area (TPSA) is 23.8 Å². The largest absolute Gasteiger partial charge is 0.198 e. The van der Waals surface area contributed by atoms with Gasteiger partial charge in [-0.3, -0.25) is 0 Å². The van der Waals surface area contributed by atoms with Crippen LogP contribution in [0.4, 0.5) is 0 Å². The van der Waals surface area contributed by atoms with Gasteiger partial charge in [0.05, 0.1) is 12.5 Å². The highest BCUT2D eigenvalue weighted by Crippen LogP contribution is 2.08. The van der Waals surface area contributed by atoms with Gasteiger partial charge >= 0.3 is 0 Å². The van der Waals surface area contributed by atoms with E-state index in [4.69, 9.17) is 5.26 Å². The van der Waals surface area contributed by atoms with Gasteiger partial charge < -0.3 is 0 Å². The van der Waals surface area contributed by atoms with E-state index in [1.54, 1.807) is 6.42 Å². The van der Waals surface area contributed by atoms with Crippen molar-refractivity contribution >= 4 is 0 Å². The van der Waals surface area contributed by atoms with Crippen molar-refractivity contribution in [1.82, 2.24) is 0 Å². The van der Waals surface area contributed by atoms with Crippen LogP contribution in [-0.4, -0.2) is 0 Å². The summed E-state index contributed by atoms with van der Waals surface area (Å²) in [6, 6.07) is 2.05. The highest BCUT2D eigenvalue weighted by molar-refractivity contribution is 4.90. The van der Waals surface area contributed by atoms with Crippen LogP contribution in [0.25, 0.3) is 0 Å². The average Bonchev–Trinajstić information content (AvgIpc) is 2.10. The molecule has 0 fully saturated rings. The molecule has 0 N–H and O–H groups in total. The lowest BCUT2D eigenvalue weighted by molar-refractivity contribution is 0.589. The molecule has 1 heteroatoms. The molecule has 1 radical (unpaired) electrons. The molecule has 0 aromatic rings. The average molecular weight is 166 g/mol. The normalized spacial score (nSPS) is 9.67. The molecule has 0 unspecified atom stereocenters. The van der Waals surface area contributed by atoms with Crippen molar-refractivity contribution in [2.24, 2.45) is 0 Å². The van der Waals surface area contributed by atoms with Gasteiger partial charge in [0.15, 0.2) is 0 Å². The minimum Gasteiger partial charge on any atom is -0.198 e. The van der Waals surface area contributed by atoms with Crippen LogP contribution in [-0.2, 0) is 0 Å². The lowest BCUT2D eigenvalue weighted by Gasteiger charge is -1.98. The third kappa shape index (κ3) is 9.49. The van der Waals surface area contributed by atoms with E-state index in [0.29, 0.717) is 0 Å². The molecule has 1 nitrogen and oxygen atoms in total. The minimum absolute atomic E-state index is 0.976. The fourth-order valence-corrected chi connectivity index (χ4v) is 1.27. The van der Waals surface area contributed by atoms with Crippen molar-refractivity contribution in [1.29, 1.82) is 5.26 Å². The minimum atomic E-state index is 0.976. The summed E-state index contributed by atoms with van der Waals surface area (Å²) in [6.45, 7) is 2.24. The number of nitriles is 1. The van der Waals surface area contributed by atoms with E-state index in [1.807, 2.05) is 0 Å². The molecule has 0 heterocycles. The van der Waals surface area contributed by atoms with Crippen molar-refractivity contribution in [3.63, 3.8) is 0 Å². The van der Waals surface area contributed by atoms with Crippen LogP contribution in [0.3, 0.4) is 0 Å². The third-order valence-corrected chi connectivity index (χ3v) is 2.04. The molecular formula is C11H20N. The number of hydrogen-bond acceptors (Lipinski definition) is 1. The zero-order valence-electron chi connectivity index (χ0n) is 8.18. The van der Waals surface area contributed by atoms with Crippen LogP contribution in [0.15, 0.2) is 0 Å². The van der Waals surface area contributed by atoms with Gasteiger partial charge in [-0.25, -0.2) is 0 Å². The Morgan fingerprint density at radius 1 is 1.00 bits per heavy atom. The second-order valence-electron chi connectivity index (χ2n) is 3.24. The van der Waals surface area contributed by atoms with Gasteiger partial charge in [-0.15, -0.1) is 0 Å². The maximum atomic E-state index is 8.23. The summed E-state index contributed by atoms with van der Waals surface area (Å²) >= 11 is 0. The Kier molecular flexibility index (Phi) is 10.0. The Balaban J connectivity index is 2.78. The Labute approximate surface area is 76.8 Å². The van der Waals surface area contributed by atoms with Crippen LogP contribution in [0.5, 0.6) is 0 Å². The first kappa shape index (κ1) is 11.5. The highest BCUT2D eigenvalue weighted by atomic mass is 14.2. The van der Waals surface area contributed by atoms with Crippen molar-refractivity contribution < 1.29 is 0 Å². The predicted molar refractivity (Wildman–Crippen MR) is 52.5 cm³/mol. The second-order valence-corrected chi connectivity index (χ2v) is 3.24. The molecule has 0 saturated carbocycles. The molecular weight excluding hydrogens is 146 g/mol. The van der Waals surface area contributed by atoms with E-state index in [9.17, 15) is 0 Å². The third-order valence-electron chi connectivity index (χ3n) is 2.04. The maximum Gasteiger partial charge on any atom is 0.0669 e. The number of rotatable bonds is 8. The molecule has 0 amide bonds. The Bertz CT molecular complexity index is 113. The Hall–Kier alpha value is -0.510. The molecule has 0 saturated heterocycles. The summed E-state index contributed by atoms with van der Waals surface area (Å²) in [5, 5.41) is 8.23. The van der Waals surface area contributed by atoms with Gasteiger partial charge in [-0.05, 0) is 6.42 Å². The van der Waals surface area contributed by atoms with E-state index in [0.717, 1.165) is 6.42 Å². The fourth-order valence-electron chi connectivity index (χ4n) is 1.27. The first-order valence-corrected chi connectivity index (χ1v) is 5.13. The van der Waals surface area contributed by atoms with Crippen LogP contribution in [0.1, 0.15) is 58.3 Å². The van der Waals surface area contributed by atoms with Gasteiger partial charge in [0, 0.05) is 0 Å². The monoisotopic (exact) mass is 166 g/mol. The standard InChI is InChI=1S/C11H20N/c1-2-3-4-5-6-7-8-9-10-11-12/h10H,2-9H2,1H3. The molecule has 0 atom stereocenters. The van der Waals surface area contributed by atoms with Crippen molar-refractivity contribution in [2.75, 3.05) is 0 Å². The summed E-state index contributed by atoms with van der Waals surface area (Å²) in [6.07, 6.45) is 12.0. The molecule has 12 heavy (non-hydrogen) atoms.